The van der Waals surface area contributed by atoms with Crippen LogP contribution in [-0.2, 0) is 4.79 Å². The Labute approximate surface area is 115 Å². The third-order valence-corrected chi connectivity index (χ3v) is 6.04. The van der Waals surface area contributed by atoms with Gasteiger partial charge in [-0.2, -0.15) is 0 Å². The maximum absolute atomic E-state index is 12.5. The lowest BCUT2D eigenvalue weighted by molar-refractivity contribution is -0.128. The Hall–Kier alpha value is -0.240. The molecule has 0 aromatic rings. The SMILES string of the molecule is O=C(NC1(CCl)CCCCC1)C1CC2CCC1C2. The van der Waals surface area contributed by atoms with Crippen molar-refractivity contribution in [2.45, 2.75) is 63.3 Å². The molecular formula is C15H24ClNO. The van der Waals surface area contributed by atoms with Gasteiger partial charge in [0.15, 0.2) is 0 Å². The fraction of sp³-hybridized carbons (Fsp3) is 0.933. The molecule has 3 aliphatic rings. The Balaban J connectivity index is 1.62. The summed E-state index contributed by atoms with van der Waals surface area (Å²) in [6.45, 7) is 0. The van der Waals surface area contributed by atoms with Gasteiger partial charge in [-0.25, -0.2) is 0 Å². The molecule has 0 heterocycles. The lowest BCUT2D eigenvalue weighted by Crippen LogP contribution is -2.53. The van der Waals surface area contributed by atoms with Crippen LogP contribution >= 0.6 is 11.6 Å². The van der Waals surface area contributed by atoms with Gasteiger partial charge < -0.3 is 5.32 Å². The molecule has 3 fully saturated rings. The van der Waals surface area contributed by atoms with Crippen LogP contribution in [0.25, 0.3) is 0 Å². The number of hydrogen-bond donors (Lipinski definition) is 1. The van der Waals surface area contributed by atoms with Crippen LogP contribution in [0.1, 0.15) is 57.8 Å². The zero-order chi connectivity index (χ0) is 12.6. The van der Waals surface area contributed by atoms with Crippen molar-refractivity contribution < 1.29 is 4.79 Å². The van der Waals surface area contributed by atoms with Crippen molar-refractivity contribution in [2.75, 3.05) is 5.88 Å². The molecule has 18 heavy (non-hydrogen) atoms. The second kappa shape index (κ2) is 5.03. The van der Waals surface area contributed by atoms with Gasteiger partial charge in [0.05, 0.1) is 5.54 Å². The molecule has 3 saturated carbocycles. The first-order valence-corrected chi connectivity index (χ1v) is 8.14. The molecule has 3 rings (SSSR count). The summed E-state index contributed by atoms with van der Waals surface area (Å²) in [5.74, 6) is 2.70. The molecule has 1 N–H and O–H groups in total. The monoisotopic (exact) mass is 269 g/mol. The van der Waals surface area contributed by atoms with Crippen LogP contribution in [0.3, 0.4) is 0 Å². The summed E-state index contributed by atoms with van der Waals surface area (Å²) in [6.07, 6.45) is 10.9. The molecular weight excluding hydrogens is 246 g/mol. The van der Waals surface area contributed by atoms with Crippen LogP contribution in [0.15, 0.2) is 0 Å². The average Bonchev–Trinajstić information content (AvgIpc) is 3.02. The van der Waals surface area contributed by atoms with Crippen LogP contribution in [0, 0.1) is 17.8 Å². The topological polar surface area (TPSA) is 29.1 Å². The smallest absolute Gasteiger partial charge is 0.223 e. The fourth-order valence-corrected chi connectivity index (χ4v) is 4.77. The molecule has 0 aromatic carbocycles. The number of nitrogens with one attached hydrogen (secondary N) is 1. The molecule has 0 radical (unpaired) electrons. The number of halogens is 1. The van der Waals surface area contributed by atoms with Crippen LogP contribution in [0.5, 0.6) is 0 Å². The molecule has 0 spiro atoms. The lowest BCUT2D eigenvalue weighted by Gasteiger charge is -2.38. The number of carbonyl (C=O) groups excluding carboxylic acids is 1. The van der Waals surface area contributed by atoms with Gasteiger partial charge in [-0.3, -0.25) is 4.79 Å². The van der Waals surface area contributed by atoms with Gasteiger partial charge in [0.1, 0.15) is 0 Å². The molecule has 3 atom stereocenters. The Morgan fingerprint density at radius 1 is 1.17 bits per heavy atom. The average molecular weight is 270 g/mol. The Bertz CT molecular complexity index is 324. The van der Waals surface area contributed by atoms with E-state index in [1.54, 1.807) is 0 Å². The van der Waals surface area contributed by atoms with Crippen molar-refractivity contribution in [3.63, 3.8) is 0 Å². The van der Waals surface area contributed by atoms with Gasteiger partial charge in [0, 0.05) is 11.8 Å². The third-order valence-electron chi connectivity index (χ3n) is 5.53. The normalized spacial score (nSPS) is 37.7. The van der Waals surface area contributed by atoms with E-state index in [1.165, 1.54) is 38.5 Å². The van der Waals surface area contributed by atoms with Gasteiger partial charge in [0.25, 0.3) is 0 Å². The van der Waals surface area contributed by atoms with Crippen LogP contribution in [0.4, 0.5) is 0 Å². The van der Waals surface area contributed by atoms with Crippen molar-refractivity contribution in [3.8, 4) is 0 Å². The summed E-state index contributed by atoms with van der Waals surface area (Å²) in [5.41, 5.74) is -0.0846. The Morgan fingerprint density at radius 3 is 2.50 bits per heavy atom. The molecule has 3 aliphatic carbocycles. The summed E-state index contributed by atoms with van der Waals surface area (Å²) in [6, 6.07) is 0. The number of carbonyl (C=O) groups is 1. The highest BCUT2D eigenvalue weighted by Gasteiger charge is 2.45. The molecule has 2 nitrogen and oxygen atoms in total. The fourth-order valence-electron chi connectivity index (χ4n) is 4.44. The van der Waals surface area contributed by atoms with Gasteiger partial charge in [-0.05, 0) is 43.9 Å². The number of hydrogen-bond acceptors (Lipinski definition) is 1. The Morgan fingerprint density at radius 2 is 1.94 bits per heavy atom. The van der Waals surface area contributed by atoms with Crippen LogP contribution in [0.2, 0.25) is 0 Å². The summed E-state index contributed by atoms with van der Waals surface area (Å²) >= 11 is 6.15. The van der Waals surface area contributed by atoms with Crippen molar-refractivity contribution >= 4 is 17.5 Å². The van der Waals surface area contributed by atoms with Crippen molar-refractivity contribution in [2.24, 2.45) is 17.8 Å². The van der Waals surface area contributed by atoms with E-state index in [9.17, 15) is 4.79 Å². The standard InChI is InChI=1S/C15H24ClNO/c16-10-15(6-2-1-3-7-15)17-14(18)13-9-11-4-5-12(13)8-11/h11-13H,1-10H2,(H,17,18). The minimum atomic E-state index is -0.0846. The number of rotatable bonds is 3. The first kappa shape index (κ1) is 12.8. The highest BCUT2D eigenvalue weighted by molar-refractivity contribution is 6.18. The summed E-state index contributed by atoms with van der Waals surface area (Å²) in [4.78, 5) is 12.5. The van der Waals surface area contributed by atoms with E-state index >= 15 is 0 Å². The predicted octanol–water partition coefficient (Wildman–Crippen LogP) is 3.48. The molecule has 0 aromatic heterocycles. The van der Waals surface area contributed by atoms with Crippen LogP contribution < -0.4 is 5.32 Å². The van der Waals surface area contributed by atoms with Crippen LogP contribution in [-0.4, -0.2) is 17.3 Å². The highest BCUT2D eigenvalue weighted by Crippen LogP contribution is 2.48. The number of amides is 1. The third kappa shape index (κ3) is 2.29. The molecule has 102 valence electrons. The van der Waals surface area contributed by atoms with E-state index in [0.717, 1.165) is 25.2 Å². The van der Waals surface area contributed by atoms with E-state index in [-0.39, 0.29) is 5.54 Å². The Kier molecular flexibility index (Phi) is 3.57. The minimum Gasteiger partial charge on any atom is -0.349 e. The zero-order valence-corrected chi connectivity index (χ0v) is 11.8. The molecule has 3 heteroatoms. The molecule has 2 bridgehead atoms. The summed E-state index contributed by atoms with van der Waals surface area (Å²) in [5, 5.41) is 3.34. The summed E-state index contributed by atoms with van der Waals surface area (Å²) in [7, 11) is 0. The van der Waals surface area contributed by atoms with Crippen molar-refractivity contribution in [1.29, 1.82) is 0 Å². The predicted molar refractivity (Wildman–Crippen MR) is 73.6 cm³/mol. The molecule has 1 amide bonds. The van der Waals surface area contributed by atoms with E-state index in [1.807, 2.05) is 0 Å². The first-order valence-electron chi connectivity index (χ1n) is 7.60. The van der Waals surface area contributed by atoms with Gasteiger partial charge >= 0.3 is 0 Å². The van der Waals surface area contributed by atoms with Crippen molar-refractivity contribution in [3.05, 3.63) is 0 Å². The van der Waals surface area contributed by atoms with E-state index < -0.39 is 0 Å². The maximum Gasteiger partial charge on any atom is 0.223 e. The number of fused-ring (bicyclic) bond motifs is 2. The largest absolute Gasteiger partial charge is 0.349 e. The number of alkyl halides is 1. The quantitative estimate of drug-likeness (QED) is 0.781. The van der Waals surface area contributed by atoms with Crippen molar-refractivity contribution in [1.82, 2.24) is 5.32 Å². The molecule has 0 saturated heterocycles. The lowest BCUT2D eigenvalue weighted by atomic mass is 9.81. The van der Waals surface area contributed by atoms with Gasteiger partial charge in [-0.15, -0.1) is 11.6 Å². The molecule has 0 aliphatic heterocycles. The highest BCUT2D eigenvalue weighted by atomic mass is 35.5. The minimum absolute atomic E-state index is 0.0846. The zero-order valence-electron chi connectivity index (χ0n) is 11.1. The van der Waals surface area contributed by atoms with E-state index in [2.05, 4.69) is 5.32 Å². The van der Waals surface area contributed by atoms with E-state index in [0.29, 0.717) is 23.6 Å². The first-order chi connectivity index (χ1) is 8.72. The summed E-state index contributed by atoms with van der Waals surface area (Å²) < 4.78 is 0. The van der Waals surface area contributed by atoms with E-state index in [4.69, 9.17) is 11.6 Å². The van der Waals surface area contributed by atoms with Gasteiger partial charge in [0.2, 0.25) is 5.91 Å². The van der Waals surface area contributed by atoms with Gasteiger partial charge in [-0.1, -0.05) is 25.7 Å². The second-order valence-electron chi connectivity index (χ2n) is 6.75. The second-order valence-corrected chi connectivity index (χ2v) is 7.01. The maximum atomic E-state index is 12.5. The molecule has 3 unspecified atom stereocenters.